The first-order valence-electron chi connectivity index (χ1n) is 6.23. The lowest BCUT2D eigenvalue weighted by Gasteiger charge is -2.09. The first-order chi connectivity index (χ1) is 8.61. The zero-order valence-electron chi connectivity index (χ0n) is 11.1. The molecule has 2 aromatic heterocycles. The minimum atomic E-state index is -0.484. The van der Waals surface area contributed by atoms with Gasteiger partial charge in [-0.3, -0.25) is 4.68 Å². The minimum absolute atomic E-state index is 0.484. The molecule has 0 fully saturated rings. The molecule has 0 aliphatic rings. The van der Waals surface area contributed by atoms with Crippen molar-refractivity contribution in [2.45, 2.75) is 46.3 Å². The van der Waals surface area contributed by atoms with Crippen LogP contribution in [0.5, 0.6) is 0 Å². The molecule has 0 spiro atoms. The third-order valence-corrected chi connectivity index (χ3v) is 4.27. The summed E-state index contributed by atoms with van der Waals surface area (Å²) in [5, 5.41) is 14.4. The molecule has 1 atom stereocenters. The predicted octanol–water partition coefficient (Wildman–Crippen LogP) is 2.64. The lowest BCUT2D eigenvalue weighted by atomic mass is 10.2. The summed E-state index contributed by atoms with van der Waals surface area (Å²) in [6.45, 7) is 7.11. The van der Waals surface area contributed by atoms with E-state index in [1.165, 1.54) is 10.4 Å². The summed E-state index contributed by atoms with van der Waals surface area (Å²) < 4.78 is 1.87. The van der Waals surface area contributed by atoms with Crippen LogP contribution in [0.3, 0.4) is 0 Å². The van der Waals surface area contributed by atoms with Gasteiger partial charge in [0.2, 0.25) is 0 Å². The monoisotopic (exact) mass is 265 g/mol. The van der Waals surface area contributed by atoms with Gasteiger partial charge in [-0.2, -0.15) is 5.10 Å². The molecule has 2 heterocycles. The summed E-state index contributed by atoms with van der Waals surface area (Å²) in [6.07, 6.45) is 2.62. The number of aliphatic hydroxyl groups is 1. The van der Waals surface area contributed by atoms with Gasteiger partial charge in [-0.25, -0.2) is 4.98 Å². The van der Waals surface area contributed by atoms with Crippen molar-refractivity contribution in [1.82, 2.24) is 14.8 Å². The topological polar surface area (TPSA) is 50.9 Å². The second-order valence-electron chi connectivity index (χ2n) is 4.51. The molecule has 0 amide bonds. The summed E-state index contributed by atoms with van der Waals surface area (Å²) in [7, 11) is 0. The lowest BCUT2D eigenvalue weighted by Crippen LogP contribution is -2.09. The largest absolute Gasteiger partial charge is 0.387 e. The maximum atomic E-state index is 10.3. The molecule has 0 aromatic carbocycles. The van der Waals surface area contributed by atoms with Crippen LogP contribution >= 0.6 is 11.3 Å². The van der Waals surface area contributed by atoms with Crippen molar-refractivity contribution in [2.24, 2.45) is 0 Å². The Bertz CT molecular complexity index is 499. The minimum Gasteiger partial charge on any atom is -0.387 e. The van der Waals surface area contributed by atoms with Crippen LogP contribution in [0.1, 0.15) is 40.6 Å². The molecule has 0 saturated carbocycles. The quantitative estimate of drug-likeness (QED) is 0.904. The Morgan fingerprint density at radius 3 is 2.83 bits per heavy atom. The first-order valence-corrected chi connectivity index (χ1v) is 7.05. The molecule has 0 saturated heterocycles. The van der Waals surface area contributed by atoms with Gasteiger partial charge in [0, 0.05) is 22.7 Å². The zero-order chi connectivity index (χ0) is 13.1. The summed E-state index contributed by atoms with van der Waals surface area (Å²) >= 11 is 1.66. The summed E-state index contributed by atoms with van der Waals surface area (Å²) in [5.41, 5.74) is 1.24. The van der Waals surface area contributed by atoms with Gasteiger partial charge in [-0.1, -0.05) is 6.92 Å². The highest BCUT2D eigenvalue weighted by Gasteiger charge is 2.15. The van der Waals surface area contributed by atoms with E-state index in [0.29, 0.717) is 6.42 Å². The number of aryl methyl sites for hydroxylation is 3. The molecule has 98 valence electrons. The SMILES string of the molecule is CCCn1ncnc1CC(O)c1cc(C)c(C)s1. The Hall–Kier alpha value is -1.20. The molecule has 1 unspecified atom stereocenters. The predicted molar refractivity (Wildman–Crippen MR) is 72.8 cm³/mol. The van der Waals surface area contributed by atoms with E-state index in [9.17, 15) is 5.11 Å². The number of thiophene rings is 1. The Kier molecular flexibility index (Phi) is 4.14. The smallest absolute Gasteiger partial charge is 0.138 e. The molecule has 0 aliphatic carbocycles. The van der Waals surface area contributed by atoms with Crippen LogP contribution in [0.2, 0.25) is 0 Å². The maximum absolute atomic E-state index is 10.3. The van der Waals surface area contributed by atoms with Gasteiger partial charge in [-0.05, 0) is 31.9 Å². The molecule has 0 aliphatic heterocycles. The Labute approximate surface area is 111 Å². The van der Waals surface area contributed by atoms with E-state index in [4.69, 9.17) is 0 Å². The molecule has 2 aromatic rings. The second kappa shape index (κ2) is 5.63. The van der Waals surface area contributed by atoms with E-state index in [-0.39, 0.29) is 0 Å². The summed E-state index contributed by atoms with van der Waals surface area (Å²) in [5.74, 6) is 0.855. The fourth-order valence-corrected chi connectivity index (χ4v) is 2.91. The van der Waals surface area contributed by atoms with E-state index in [1.54, 1.807) is 17.7 Å². The number of aromatic nitrogens is 3. The first kappa shape index (κ1) is 13.2. The molecular formula is C13H19N3OS. The van der Waals surface area contributed by atoms with Crippen molar-refractivity contribution in [3.8, 4) is 0 Å². The summed E-state index contributed by atoms with van der Waals surface area (Å²) in [6, 6.07) is 2.06. The van der Waals surface area contributed by atoms with Crippen LogP contribution in [-0.2, 0) is 13.0 Å². The molecule has 18 heavy (non-hydrogen) atoms. The number of nitrogens with zero attached hydrogens (tertiary/aromatic N) is 3. The highest BCUT2D eigenvalue weighted by Crippen LogP contribution is 2.28. The van der Waals surface area contributed by atoms with E-state index >= 15 is 0 Å². The van der Waals surface area contributed by atoms with Gasteiger partial charge < -0.3 is 5.11 Å². The van der Waals surface area contributed by atoms with E-state index in [2.05, 4.69) is 36.9 Å². The Balaban J connectivity index is 2.10. The molecule has 0 radical (unpaired) electrons. The van der Waals surface area contributed by atoms with E-state index in [0.717, 1.165) is 23.7 Å². The number of rotatable bonds is 5. The van der Waals surface area contributed by atoms with Gasteiger partial charge in [0.25, 0.3) is 0 Å². The lowest BCUT2D eigenvalue weighted by molar-refractivity contribution is 0.177. The molecule has 5 heteroatoms. The van der Waals surface area contributed by atoms with Crippen LogP contribution in [0, 0.1) is 13.8 Å². The van der Waals surface area contributed by atoms with Crippen LogP contribution in [0.4, 0.5) is 0 Å². The fraction of sp³-hybridized carbons (Fsp3) is 0.538. The molecule has 0 bridgehead atoms. The molecule has 1 N–H and O–H groups in total. The standard InChI is InChI=1S/C13H19N3OS/c1-4-5-16-13(14-8-15-16)7-11(17)12-6-9(2)10(3)18-12/h6,8,11,17H,4-5,7H2,1-3H3. The normalized spacial score (nSPS) is 12.9. The van der Waals surface area contributed by atoms with Gasteiger partial charge in [-0.15, -0.1) is 11.3 Å². The van der Waals surface area contributed by atoms with Crippen molar-refractivity contribution in [3.05, 3.63) is 33.5 Å². The summed E-state index contributed by atoms with van der Waals surface area (Å²) in [4.78, 5) is 6.50. The maximum Gasteiger partial charge on any atom is 0.138 e. The van der Waals surface area contributed by atoms with Crippen molar-refractivity contribution in [1.29, 1.82) is 0 Å². The van der Waals surface area contributed by atoms with Gasteiger partial charge >= 0.3 is 0 Å². The zero-order valence-corrected chi connectivity index (χ0v) is 11.9. The molecule has 2 rings (SSSR count). The Morgan fingerprint density at radius 1 is 1.44 bits per heavy atom. The van der Waals surface area contributed by atoms with Gasteiger partial charge in [0.05, 0.1) is 6.10 Å². The van der Waals surface area contributed by atoms with E-state index in [1.807, 2.05) is 4.68 Å². The number of hydrogen-bond donors (Lipinski definition) is 1. The third-order valence-electron chi connectivity index (χ3n) is 3.02. The highest BCUT2D eigenvalue weighted by atomic mass is 32.1. The average Bonchev–Trinajstić information content (AvgIpc) is 2.88. The van der Waals surface area contributed by atoms with Crippen molar-refractivity contribution >= 4 is 11.3 Å². The Morgan fingerprint density at radius 2 is 2.22 bits per heavy atom. The van der Waals surface area contributed by atoms with Crippen LogP contribution < -0.4 is 0 Å². The average molecular weight is 265 g/mol. The van der Waals surface area contributed by atoms with Crippen molar-refractivity contribution in [3.63, 3.8) is 0 Å². The molecular weight excluding hydrogens is 246 g/mol. The highest BCUT2D eigenvalue weighted by molar-refractivity contribution is 7.12. The fourth-order valence-electron chi connectivity index (χ4n) is 1.88. The number of aliphatic hydroxyl groups excluding tert-OH is 1. The van der Waals surface area contributed by atoms with Crippen LogP contribution in [-0.4, -0.2) is 19.9 Å². The molecule has 4 nitrogen and oxygen atoms in total. The van der Waals surface area contributed by atoms with Crippen molar-refractivity contribution < 1.29 is 5.11 Å². The van der Waals surface area contributed by atoms with E-state index < -0.39 is 6.10 Å². The van der Waals surface area contributed by atoms with Crippen molar-refractivity contribution in [2.75, 3.05) is 0 Å². The van der Waals surface area contributed by atoms with Gasteiger partial charge in [0.15, 0.2) is 0 Å². The van der Waals surface area contributed by atoms with Crippen LogP contribution in [0.25, 0.3) is 0 Å². The van der Waals surface area contributed by atoms with Crippen LogP contribution in [0.15, 0.2) is 12.4 Å². The number of hydrogen-bond acceptors (Lipinski definition) is 4. The third kappa shape index (κ3) is 2.79. The van der Waals surface area contributed by atoms with Gasteiger partial charge in [0.1, 0.15) is 12.2 Å². The second-order valence-corrected chi connectivity index (χ2v) is 5.80.